The summed E-state index contributed by atoms with van der Waals surface area (Å²) in [5, 5.41) is 15.7. The van der Waals surface area contributed by atoms with E-state index in [9.17, 15) is 9.59 Å². The van der Waals surface area contributed by atoms with Crippen molar-refractivity contribution < 1.29 is 14.3 Å². The van der Waals surface area contributed by atoms with Crippen LogP contribution < -0.4 is 5.32 Å². The van der Waals surface area contributed by atoms with Crippen LogP contribution in [0.1, 0.15) is 47.8 Å². The van der Waals surface area contributed by atoms with Crippen LogP contribution in [-0.4, -0.2) is 78.3 Å². The summed E-state index contributed by atoms with van der Waals surface area (Å²) in [5.74, 6) is -0.0756. The minimum absolute atomic E-state index is 0.0756. The first-order valence-corrected chi connectivity index (χ1v) is 10.7. The van der Waals surface area contributed by atoms with Crippen molar-refractivity contribution in [3.8, 4) is 0 Å². The second kappa shape index (κ2) is 8.29. The number of rotatable bonds is 5. The molecule has 168 valence electrons. The molecule has 4 rings (SSSR count). The molecule has 1 atom stereocenters. The lowest BCUT2D eigenvalue weighted by Gasteiger charge is -2.33. The number of aromatic nitrogens is 5. The number of nitrogens with one attached hydrogen (secondary N) is 1. The Morgan fingerprint density at radius 2 is 2.06 bits per heavy atom. The van der Waals surface area contributed by atoms with Crippen molar-refractivity contribution in [2.24, 2.45) is 7.05 Å². The largest absolute Gasteiger partial charge is 0.365 e. The predicted octanol–water partition coefficient (Wildman–Crippen LogP) is 0.687. The molecule has 0 saturated carbocycles. The molecule has 1 fully saturated rings. The van der Waals surface area contributed by atoms with Gasteiger partial charge in [-0.25, -0.2) is 9.48 Å². The molecule has 2 aromatic rings. The van der Waals surface area contributed by atoms with E-state index in [2.05, 4.69) is 20.7 Å². The summed E-state index contributed by atoms with van der Waals surface area (Å²) in [6.07, 6.45) is 0.734. The number of amides is 3. The SMILES string of the molecule is CCN(CC)C(=O)NCc1nnn2c1COC1(CCN(C(=O)c3cc(C)n(C)n3)C1)C2. The minimum atomic E-state index is -0.470. The zero-order valence-electron chi connectivity index (χ0n) is 18.6. The van der Waals surface area contributed by atoms with E-state index in [0.29, 0.717) is 57.3 Å². The van der Waals surface area contributed by atoms with Crippen molar-refractivity contribution in [1.82, 2.24) is 39.9 Å². The summed E-state index contributed by atoms with van der Waals surface area (Å²) in [4.78, 5) is 28.6. The van der Waals surface area contributed by atoms with E-state index in [1.54, 1.807) is 14.5 Å². The van der Waals surface area contributed by atoms with Crippen molar-refractivity contribution in [2.75, 3.05) is 26.2 Å². The summed E-state index contributed by atoms with van der Waals surface area (Å²) in [7, 11) is 1.83. The van der Waals surface area contributed by atoms with Crippen LogP contribution in [0.5, 0.6) is 0 Å². The third-order valence-corrected chi connectivity index (χ3v) is 6.27. The van der Waals surface area contributed by atoms with Gasteiger partial charge in [0.05, 0.1) is 31.9 Å². The molecule has 4 heterocycles. The summed E-state index contributed by atoms with van der Waals surface area (Å²) < 4.78 is 9.81. The lowest BCUT2D eigenvalue weighted by molar-refractivity contribution is -0.0828. The zero-order chi connectivity index (χ0) is 22.2. The molecule has 0 aromatic carbocycles. The maximum atomic E-state index is 12.9. The Kier molecular flexibility index (Phi) is 5.69. The molecule has 11 heteroatoms. The number of nitrogens with zero attached hydrogens (tertiary/aromatic N) is 7. The normalized spacial score (nSPS) is 20.2. The first kappa shape index (κ1) is 21.3. The average Bonchev–Trinajstić information content (AvgIpc) is 3.45. The van der Waals surface area contributed by atoms with Crippen molar-refractivity contribution in [3.05, 3.63) is 28.8 Å². The highest BCUT2D eigenvalue weighted by atomic mass is 16.5. The third kappa shape index (κ3) is 4.01. The highest BCUT2D eigenvalue weighted by Crippen LogP contribution is 2.33. The number of carbonyl (C=O) groups excluding carboxylic acids is 2. The fraction of sp³-hybridized carbons (Fsp3) is 0.650. The molecule has 0 aliphatic carbocycles. The molecule has 1 spiro atoms. The van der Waals surface area contributed by atoms with E-state index < -0.39 is 5.60 Å². The summed E-state index contributed by atoms with van der Waals surface area (Å²) >= 11 is 0. The Morgan fingerprint density at radius 1 is 1.29 bits per heavy atom. The molecule has 2 aliphatic heterocycles. The lowest BCUT2D eigenvalue weighted by Crippen LogP contribution is -2.45. The highest BCUT2D eigenvalue weighted by molar-refractivity contribution is 5.92. The summed E-state index contributed by atoms with van der Waals surface area (Å²) in [6, 6.07) is 1.69. The fourth-order valence-corrected chi connectivity index (χ4v) is 4.20. The fourth-order valence-electron chi connectivity index (χ4n) is 4.20. The molecule has 31 heavy (non-hydrogen) atoms. The van der Waals surface area contributed by atoms with Gasteiger partial charge in [0.25, 0.3) is 5.91 Å². The Labute approximate surface area is 181 Å². The number of aryl methyl sites for hydroxylation is 2. The number of carbonyl (C=O) groups is 2. The monoisotopic (exact) mass is 430 g/mol. The van der Waals surface area contributed by atoms with Crippen LogP contribution in [0.25, 0.3) is 0 Å². The molecule has 3 amide bonds. The Morgan fingerprint density at radius 3 is 2.74 bits per heavy atom. The molecular weight excluding hydrogens is 400 g/mol. The van der Waals surface area contributed by atoms with Gasteiger partial charge in [0, 0.05) is 32.4 Å². The van der Waals surface area contributed by atoms with E-state index in [-0.39, 0.29) is 11.9 Å². The van der Waals surface area contributed by atoms with E-state index in [1.165, 1.54) is 0 Å². The lowest BCUT2D eigenvalue weighted by atomic mass is 10.0. The number of hydrogen-bond donors (Lipinski definition) is 1. The van der Waals surface area contributed by atoms with Crippen molar-refractivity contribution in [3.63, 3.8) is 0 Å². The molecule has 0 radical (unpaired) electrons. The third-order valence-electron chi connectivity index (χ3n) is 6.27. The Bertz CT molecular complexity index is 960. The van der Waals surface area contributed by atoms with Gasteiger partial charge >= 0.3 is 6.03 Å². The quantitative estimate of drug-likeness (QED) is 0.747. The van der Waals surface area contributed by atoms with Crippen LogP contribution >= 0.6 is 0 Å². The number of fused-ring (bicyclic) bond motifs is 1. The maximum absolute atomic E-state index is 12.9. The zero-order valence-corrected chi connectivity index (χ0v) is 18.6. The van der Waals surface area contributed by atoms with Gasteiger partial charge in [0.15, 0.2) is 5.69 Å². The molecule has 1 saturated heterocycles. The highest BCUT2D eigenvalue weighted by Gasteiger charge is 2.45. The standard InChI is InChI=1S/C20H30N8O3/c1-5-26(6-2)19(30)21-10-16-17-11-31-20(13-28(17)24-22-16)7-8-27(12-20)18(29)15-9-14(3)25(4)23-15/h9H,5-8,10-13H2,1-4H3,(H,21,30). The van der Waals surface area contributed by atoms with Crippen molar-refractivity contribution >= 4 is 11.9 Å². The van der Waals surface area contributed by atoms with Gasteiger partial charge in [0.1, 0.15) is 11.3 Å². The number of ether oxygens (including phenoxy) is 1. The molecule has 2 aromatic heterocycles. The molecular formula is C20H30N8O3. The van der Waals surface area contributed by atoms with Crippen LogP contribution in [0.15, 0.2) is 6.07 Å². The molecule has 1 unspecified atom stereocenters. The first-order chi connectivity index (χ1) is 14.9. The van der Waals surface area contributed by atoms with Gasteiger partial charge in [-0.1, -0.05) is 5.21 Å². The van der Waals surface area contributed by atoms with Gasteiger partial charge in [-0.15, -0.1) is 5.10 Å². The van der Waals surface area contributed by atoms with Crippen LogP contribution in [-0.2, 0) is 31.5 Å². The number of likely N-dealkylation sites (tertiary alicyclic amines) is 1. The molecule has 11 nitrogen and oxygen atoms in total. The van der Waals surface area contributed by atoms with Gasteiger partial charge in [-0.2, -0.15) is 5.10 Å². The molecule has 2 aliphatic rings. The van der Waals surface area contributed by atoms with E-state index in [0.717, 1.165) is 17.8 Å². The van der Waals surface area contributed by atoms with Crippen LogP contribution in [0.4, 0.5) is 4.79 Å². The summed E-state index contributed by atoms with van der Waals surface area (Å²) in [5.41, 5.74) is 2.52. The smallest absolute Gasteiger partial charge is 0.317 e. The van der Waals surface area contributed by atoms with Gasteiger partial charge in [-0.05, 0) is 33.3 Å². The Balaban J connectivity index is 1.39. The maximum Gasteiger partial charge on any atom is 0.317 e. The number of urea groups is 1. The van der Waals surface area contributed by atoms with E-state index in [1.807, 2.05) is 38.6 Å². The molecule has 1 N–H and O–H groups in total. The van der Waals surface area contributed by atoms with Crippen LogP contribution in [0.3, 0.4) is 0 Å². The average molecular weight is 431 g/mol. The van der Waals surface area contributed by atoms with E-state index >= 15 is 0 Å². The van der Waals surface area contributed by atoms with Crippen molar-refractivity contribution in [2.45, 2.75) is 52.5 Å². The predicted molar refractivity (Wildman–Crippen MR) is 111 cm³/mol. The summed E-state index contributed by atoms with van der Waals surface area (Å²) in [6.45, 7) is 9.43. The topological polar surface area (TPSA) is 110 Å². The van der Waals surface area contributed by atoms with Gasteiger partial charge in [-0.3, -0.25) is 9.48 Å². The Hall–Kier alpha value is -2.95. The minimum Gasteiger partial charge on any atom is -0.365 e. The van der Waals surface area contributed by atoms with Gasteiger partial charge < -0.3 is 19.9 Å². The number of hydrogen-bond acceptors (Lipinski definition) is 6. The first-order valence-electron chi connectivity index (χ1n) is 10.7. The van der Waals surface area contributed by atoms with Crippen LogP contribution in [0, 0.1) is 6.92 Å². The second-order valence-corrected chi connectivity index (χ2v) is 8.21. The van der Waals surface area contributed by atoms with Gasteiger partial charge in [0.2, 0.25) is 0 Å². The van der Waals surface area contributed by atoms with Crippen LogP contribution in [0.2, 0.25) is 0 Å². The second-order valence-electron chi connectivity index (χ2n) is 8.21. The van der Waals surface area contributed by atoms with E-state index in [4.69, 9.17) is 4.74 Å². The molecule has 0 bridgehead atoms. The van der Waals surface area contributed by atoms with Crippen molar-refractivity contribution in [1.29, 1.82) is 0 Å².